The van der Waals surface area contributed by atoms with E-state index in [9.17, 15) is 24.0 Å². The molecule has 4 atom stereocenters. The molecule has 2 fully saturated rings. The van der Waals surface area contributed by atoms with Crippen LogP contribution in [0.25, 0.3) is 0 Å². The molecular weight excluding hydrogens is 500 g/mol. The van der Waals surface area contributed by atoms with Crippen LogP contribution in [0.1, 0.15) is 41.3 Å². The monoisotopic (exact) mass is 524 g/mol. The van der Waals surface area contributed by atoms with Crippen molar-refractivity contribution in [2.24, 2.45) is 17.6 Å². The summed E-state index contributed by atoms with van der Waals surface area (Å²) in [5, 5.41) is 6.56. The van der Waals surface area contributed by atoms with Crippen LogP contribution in [-0.4, -0.2) is 42.2 Å². The number of hydrogen-bond donors (Lipinski definition) is 3. The maximum atomic E-state index is 13.9. The summed E-state index contributed by atoms with van der Waals surface area (Å²) in [7, 11) is 0. The molecule has 3 heterocycles. The van der Waals surface area contributed by atoms with Crippen LogP contribution in [0.15, 0.2) is 36.4 Å². The number of rotatable bonds is 6. The van der Waals surface area contributed by atoms with E-state index in [1.807, 2.05) is 0 Å². The number of primary amides is 1. The lowest BCUT2D eigenvalue weighted by Crippen LogP contribution is -2.53. The van der Waals surface area contributed by atoms with Crippen LogP contribution in [0.3, 0.4) is 0 Å². The number of nitrogens with two attached hydrogens (primary N) is 1. The quantitative estimate of drug-likeness (QED) is 0.386. The molecule has 3 aliphatic rings. The lowest BCUT2D eigenvalue weighted by Gasteiger charge is -2.29. The third-order valence-corrected chi connectivity index (χ3v) is 7.83. The van der Waals surface area contributed by atoms with Crippen LogP contribution in [0.2, 0.25) is 5.02 Å². The predicted molar refractivity (Wildman–Crippen MR) is 134 cm³/mol. The van der Waals surface area contributed by atoms with Gasteiger partial charge in [0.2, 0.25) is 23.6 Å². The van der Waals surface area contributed by atoms with E-state index >= 15 is 0 Å². The lowest BCUT2D eigenvalue weighted by molar-refractivity contribution is -0.130. The average Bonchev–Trinajstić information content (AvgIpc) is 3.45. The molecule has 2 aromatic carbocycles. The van der Waals surface area contributed by atoms with Gasteiger partial charge in [-0.2, -0.15) is 0 Å². The largest absolute Gasteiger partial charge is 0.462 e. The first-order valence-corrected chi connectivity index (χ1v) is 12.3. The Hall–Kier alpha value is -3.76. The van der Waals surface area contributed by atoms with Crippen molar-refractivity contribution in [3.63, 3.8) is 0 Å². The summed E-state index contributed by atoms with van der Waals surface area (Å²) < 4.78 is 5.00. The second-order valence-corrected chi connectivity index (χ2v) is 9.80. The number of hydrogen-bond acceptors (Lipinski definition) is 7. The fourth-order valence-corrected chi connectivity index (χ4v) is 5.91. The number of halogens is 1. The summed E-state index contributed by atoms with van der Waals surface area (Å²) >= 11 is 6.28. The minimum absolute atomic E-state index is 0.0270. The molecule has 0 aromatic heterocycles. The highest BCUT2D eigenvalue weighted by molar-refractivity contribution is 6.32. The van der Waals surface area contributed by atoms with Crippen molar-refractivity contribution in [1.29, 1.82) is 0 Å². The molecule has 0 saturated carbocycles. The molecule has 4 unspecified atom stereocenters. The molecule has 192 valence electrons. The molecule has 0 aliphatic carbocycles. The van der Waals surface area contributed by atoms with Crippen LogP contribution < -0.4 is 21.3 Å². The van der Waals surface area contributed by atoms with Crippen molar-refractivity contribution < 1.29 is 28.7 Å². The molecule has 4 amide bonds. The number of amides is 4. The van der Waals surface area contributed by atoms with Gasteiger partial charge in [0.05, 0.1) is 35.4 Å². The van der Waals surface area contributed by atoms with Gasteiger partial charge in [-0.1, -0.05) is 17.7 Å². The van der Waals surface area contributed by atoms with Crippen molar-refractivity contribution in [3.8, 4) is 0 Å². The van der Waals surface area contributed by atoms with Crippen molar-refractivity contribution in [3.05, 3.63) is 58.1 Å². The fraction of sp³-hybridized carbons (Fsp3) is 0.346. The van der Waals surface area contributed by atoms with Gasteiger partial charge in [0.25, 0.3) is 0 Å². The highest BCUT2D eigenvalue weighted by Crippen LogP contribution is 2.55. The number of nitrogens with zero attached hydrogens (tertiary/aromatic N) is 1. The molecule has 10 nitrogen and oxygen atoms in total. The number of imide groups is 1. The van der Waals surface area contributed by atoms with E-state index in [1.54, 1.807) is 26.0 Å². The Morgan fingerprint density at radius 1 is 1.11 bits per heavy atom. The number of carbonyl (C=O) groups excluding carboxylic acids is 5. The first kappa shape index (κ1) is 24.9. The normalized spacial score (nSPS) is 25.9. The number of nitrogens with one attached hydrogen (secondary N) is 2. The Balaban J connectivity index is 1.59. The maximum absolute atomic E-state index is 13.9. The Labute approximate surface area is 217 Å². The second kappa shape index (κ2) is 8.97. The molecule has 2 aromatic rings. The van der Waals surface area contributed by atoms with E-state index in [-0.39, 0.29) is 30.7 Å². The molecule has 1 spiro atoms. The lowest BCUT2D eigenvalue weighted by atomic mass is 9.76. The van der Waals surface area contributed by atoms with Gasteiger partial charge in [0.15, 0.2) is 0 Å². The summed E-state index contributed by atoms with van der Waals surface area (Å²) in [6, 6.07) is 8.61. The second-order valence-electron chi connectivity index (χ2n) is 9.40. The van der Waals surface area contributed by atoms with Gasteiger partial charge in [0, 0.05) is 23.0 Å². The summed E-state index contributed by atoms with van der Waals surface area (Å²) in [6.45, 7) is 3.66. The SMILES string of the molecule is CCOC(=O)c1ccc(N2C(=O)C3C(CCC(N)=O)NC4(C(=O)Nc5c4ccc(Cl)c5C)C3C2=O)cc1. The van der Waals surface area contributed by atoms with Crippen LogP contribution in [0.5, 0.6) is 0 Å². The smallest absolute Gasteiger partial charge is 0.338 e. The van der Waals surface area contributed by atoms with Crippen molar-refractivity contribution in [2.75, 3.05) is 16.8 Å². The zero-order valence-electron chi connectivity index (χ0n) is 20.2. The molecule has 0 radical (unpaired) electrons. The van der Waals surface area contributed by atoms with Gasteiger partial charge in [0.1, 0.15) is 5.54 Å². The Bertz CT molecular complexity index is 1360. The molecule has 4 N–H and O–H groups in total. The Kier molecular flexibility index (Phi) is 6.04. The van der Waals surface area contributed by atoms with E-state index in [0.29, 0.717) is 21.8 Å². The van der Waals surface area contributed by atoms with Gasteiger partial charge in [-0.25, -0.2) is 9.69 Å². The number of anilines is 2. The molecule has 11 heteroatoms. The van der Waals surface area contributed by atoms with Gasteiger partial charge < -0.3 is 15.8 Å². The summed E-state index contributed by atoms with van der Waals surface area (Å²) in [5.41, 5.74) is 6.06. The van der Waals surface area contributed by atoms with Crippen LogP contribution in [0.4, 0.5) is 11.4 Å². The van der Waals surface area contributed by atoms with E-state index in [2.05, 4.69) is 10.6 Å². The van der Waals surface area contributed by atoms with Crippen LogP contribution in [0, 0.1) is 18.8 Å². The minimum atomic E-state index is -1.52. The third kappa shape index (κ3) is 3.62. The third-order valence-electron chi connectivity index (χ3n) is 7.42. The minimum Gasteiger partial charge on any atom is -0.462 e. The molecule has 5 rings (SSSR count). The highest BCUT2D eigenvalue weighted by atomic mass is 35.5. The van der Waals surface area contributed by atoms with E-state index in [1.165, 1.54) is 24.3 Å². The molecular formula is C26H25ClN4O6. The van der Waals surface area contributed by atoms with Crippen LogP contribution >= 0.6 is 11.6 Å². The van der Waals surface area contributed by atoms with E-state index < -0.39 is 53.0 Å². The standard InChI is InChI=1S/C26H25ClN4O6/c1-3-37-24(35)13-4-6-14(7-5-13)31-22(33)19-17(10-11-18(28)32)30-26(20(19)23(31)34)15-8-9-16(27)12(2)21(15)29-25(26)36/h4-9,17,19-20,30H,3,10-11H2,1-2H3,(H2,28,32)(H,29,36). The Morgan fingerprint density at radius 2 is 1.81 bits per heavy atom. The first-order valence-electron chi connectivity index (χ1n) is 11.9. The molecule has 3 aliphatic heterocycles. The predicted octanol–water partition coefficient (Wildman–Crippen LogP) is 2.02. The first-order chi connectivity index (χ1) is 17.6. The number of benzene rings is 2. The van der Waals surface area contributed by atoms with E-state index in [4.69, 9.17) is 22.1 Å². The molecule has 37 heavy (non-hydrogen) atoms. The molecule has 0 bridgehead atoms. The van der Waals surface area contributed by atoms with Crippen molar-refractivity contribution in [2.45, 2.75) is 38.3 Å². The number of fused-ring (bicyclic) bond motifs is 4. The van der Waals surface area contributed by atoms with Gasteiger partial charge >= 0.3 is 5.97 Å². The molecule has 2 saturated heterocycles. The zero-order valence-corrected chi connectivity index (χ0v) is 20.9. The van der Waals surface area contributed by atoms with Crippen molar-refractivity contribution >= 4 is 52.6 Å². The maximum Gasteiger partial charge on any atom is 0.338 e. The van der Waals surface area contributed by atoms with Gasteiger partial charge in [-0.15, -0.1) is 0 Å². The van der Waals surface area contributed by atoms with Crippen LogP contribution in [-0.2, 0) is 29.5 Å². The highest BCUT2D eigenvalue weighted by Gasteiger charge is 2.70. The number of ether oxygens (including phenoxy) is 1. The topological polar surface area (TPSA) is 148 Å². The van der Waals surface area contributed by atoms with E-state index in [0.717, 1.165) is 4.90 Å². The van der Waals surface area contributed by atoms with Gasteiger partial charge in [-0.3, -0.25) is 24.5 Å². The number of esters is 1. The average molecular weight is 525 g/mol. The summed E-state index contributed by atoms with van der Waals surface area (Å²) in [6.07, 6.45) is 0.142. The Morgan fingerprint density at radius 3 is 2.46 bits per heavy atom. The number of carbonyl (C=O) groups is 5. The summed E-state index contributed by atoms with van der Waals surface area (Å²) in [5.74, 6) is -4.57. The summed E-state index contributed by atoms with van der Waals surface area (Å²) in [4.78, 5) is 66.0. The van der Waals surface area contributed by atoms with Crippen molar-refractivity contribution in [1.82, 2.24) is 5.32 Å². The fourth-order valence-electron chi connectivity index (χ4n) is 5.75. The van der Waals surface area contributed by atoms with Gasteiger partial charge in [-0.05, 0) is 56.2 Å². The zero-order chi connectivity index (χ0) is 26.6.